The zero-order valence-corrected chi connectivity index (χ0v) is 16.1. The maximum atomic E-state index is 12.4. The predicted octanol–water partition coefficient (Wildman–Crippen LogP) is 3.81. The van der Waals surface area contributed by atoms with Crippen molar-refractivity contribution in [1.82, 2.24) is 21.5 Å². The average molecular weight is 433 g/mol. The van der Waals surface area contributed by atoms with Gasteiger partial charge < -0.3 is 5.73 Å². The van der Waals surface area contributed by atoms with Crippen LogP contribution in [0.25, 0.3) is 0 Å². The summed E-state index contributed by atoms with van der Waals surface area (Å²) in [5.74, 6) is -0.463. The molecule has 1 unspecified atom stereocenters. The molecule has 136 valence electrons. The highest BCUT2D eigenvalue weighted by Crippen LogP contribution is 2.32. The molecule has 1 aliphatic rings. The van der Waals surface area contributed by atoms with E-state index in [9.17, 15) is 4.79 Å². The molecular weight excluding hydrogens is 420 g/mol. The number of rotatable bonds is 3. The van der Waals surface area contributed by atoms with Crippen LogP contribution in [0.2, 0.25) is 20.1 Å². The smallest absolute Gasteiger partial charge is 0.272 e. The second-order valence-electron chi connectivity index (χ2n) is 5.37. The van der Waals surface area contributed by atoms with E-state index in [1.54, 1.807) is 36.4 Å². The Kier molecular flexibility index (Phi) is 5.82. The summed E-state index contributed by atoms with van der Waals surface area (Å²) in [6, 6.07) is 9.62. The molecule has 1 aliphatic heterocycles. The molecule has 5 N–H and O–H groups in total. The molecule has 1 heterocycles. The van der Waals surface area contributed by atoms with Gasteiger partial charge in [0.2, 0.25) is 0 Å². The van der Waals surface area contributed by atoms with E-state index < -0.39 is 11.9 Å². The fraction of sp³-hybridized carbons (Fsp3) is 0.0625. The first-order chi connectivity index (χ1) is 12.4. The number of nitrogens with zero attached hydrogens (tertiary/aromatic N) is 1. The fourth-order valence-corrected chi connectivity index (χ4v) is 3.19. The number of carbonyl (C=O) groups excluding carboxylic acids is 1. The van der Waals surface area contributed by atoms with Crippen LogP contribution in [0.5, 0.6) is 0 Å². The second kappa shape index (κ2) is 7.92. The summed E-state index contributed by atoms with van der Waals surface area (Å²) in [6.07, 6.45) is 1.51. The molecule has 0 aliphatic carbocycles. The number of amides is 1. The largest absolute Gasteiger partial charge is 0.399 e. The zero-order valence-electron chi connectivity index (χ0n) is 13.1. The summed E-state index contributed by atoms with van der Waals surface area (Å²) in [4.78, 5) is 12.4. The Hall–Kier alpha value is -1.67. The van der Waals surface area contributed by atoms with E-state index in [1.807, 2.05) is 0 Å². The van der Waals surface area contributed by atoms with Gasteiger partial charge in [0.1, 0.15) is 0 Å². The lowest BCUT2D eigenvalue weighted by molar-refractivity contribution is 0.0697. The van der Waals surface area contributed by atoms with Crippen molar-refractivity contribution in [1.29, 1.82) is 0 Å². The van der Waals surface area contributed by atoms with Gasteiger partial charge in [0.25, 0.3) is 5.91 Å². The van der Waals surface area contributed by atoms with Crippen LogP contribution in [0.3, 0.4) is 0 Å². The summed E-state index contributed by atoms with van der Waals surface area (Å²) in [7, 11) is 0. The molecule has 2 aromatic rings. The van der Waals surface area contributed by atoms with Crippen molar-refractivity contribution in [2.24, 2.45) is 5.73 Å². The van der Waals surface area contributed by atoms with Crippen LogP contribution in [-0.4, -0.2) is 11.0 Å². The molecule has 0 radical (unpaired) electrons. The van der Waals surface area contributed by atoms with Crippen LogP contribution >= 0.6 is 46.4 Å². The van der Waals surface area contributed by atoms with Crippen molar-refractivity contribution in [2.75, 3.05) is 0 Å². The van der Waals surface area contributed by atoms with E-state index in [0.717, 1.165) is 0 Å². The van der Waals surface area contributed by atoms with Gasteiger partial charge in [0, 0.05) is 0 Å². The Balaban J connectivity index is 1.77. The van der Waals surface area contributed by atoms with E-state index in [1.165, 1.54) is 11.3 Å². The van der Waals surface area contributed by atoms with Crippen molar-refractivity contribution >= 4 is 52.3 Å². The standard InChI is InChI=1S/C16H13Cl4N5O/c17-10-5-1-3-8(13(10)19)15-12(21)7-25(24-22-15)23-16(26)9-4-2-6-11(18)14(9)20/h1-7,15,22,24H,21H2,(H,23,26). The van der Waals surface area contributed by atoms with Crippen LogP contribution < -0.4 is 22.1 Å². The minimum Gasteiger partial charge on any atom is -0.399 e. The van der Waals surface area contributed by atoms with E-state index >= 15 is 0 Å². The highest BCUT2D eigenvalue weighted by atomic mass is 35.5. The molecule has 1 atom stereocenters. The normalized spacial score (nSPS) is 17.0. The lowest BCUT2D eigenvalue weighted by atomic mass is 10.0. The highest BCUT2D eigenvalue weighted by Gasteiger charge is 2.24. The fourth-order valence-electron chi connectivity index (χ4n) is 2.38. The van der Waals surface area contributed by atoms with Crippen LogP contribution in [0.4, 0.5) is 0 Å². The van der Waals surface area contributed by atoms with Gasteiger partial charge in [0.15, 0.2) is 0 Å². The molecule has 26 heavy (non-hydrogen) atoms. The number of hydrogen-bond donors (Lipinski definition) is 4. The minimum atomic E-state index is -0.463. The zero-order chi connectivity index (χ0) is 18.8. The Morgan fingerprint density at radius 1 is 1.04 bits per heavy atom. The average Bonchev–Trinajstić information content (AvgIpc) is 2.60. The molecule has 3 rings (SSSR count). The molecule has 0 fully saturated rings. The number of hydrazine groups is 3. The third-order valence-corrected chi connectivity index (χ3v) is 5.30. The first kappa shape index (κ1) is 19.1. The lowest BCUT2D eigenvalue weighted by Crippen LogP contribution is -2.57. The summed E-state index contributed by atoms with van der Waals surface area (Å²) < 4.78 is 0. The van der Waals surface area contributed by atoms with E-state index in [4.69, 9.17) is 52.1 Å². The van der Waals surface area contributed by atoms with Crippen molar-refractivity contribution in [2.45, 2.75) is 6.04 Å². The van der Waals surface area contributed by atoms with Crippen LogP contribution in [-0.2, 0) is 0 Å². The maximum absolute atomic E-state index is 12.4. The summed E-state index contributed by atoms with van der Waals surface area (Å²) in [5.41, 5.74) is 15.8. The molecule has 6 nitrogen and oxygen atoms in total. The molecule has 0 saturated heterocycles. The van der Waals surface area contributed by atoms with Gasteiger partial charge in [-0.15, -0.1) is 5.53 Å². The Labute approximate surface area is 169 Å². The van der Waals surface area contributed by atoms with Gasteiger partial charge in [-0.05, 0) is 23.8 Å². The van der Waals surface area contributed by atoms with Gasteiger partial charge in [-0.1, -0.05) is 64.6 Å². The van der Waals surface area contributed by atoms with Gasteiger partial charge in [0.05, 0.1) is 43.6 Å². The molecule has 2 aromatic carbocycles. The molecular formula is C16H13Cl4N5O. The predicted molar refractivity (Wildman–Crippen MR) is 104 cm³/mol. The summed E-state index contributed by atoms with van der Waals surface area (Å²) in [5, 5.41) is 2.54. The lowest BCUT2D eigenvalue weighted by Gasteiger charge is -2.33. The second-order valence-corrected chi connectivity index (χ2v) is 6.94. The molecule has 0 aromatic heterocycles. The third-order valence-electron chi connectivity index (χ3n) is 3.65. The first-order valence-electron chi connectivity index (χ1n) is 7.35. The number of nitrogens with one attached hydrogen (secondary N) is 3. The van der Waals surface area contributed by atoms with Gasteiger partial charge in [-0.3, -0.25) is 4.79 Å². The van der Waals surface area contributed by atoms with Crippen LogP contribution in [0.1, 0.15) is 22.0 Å². The maximum Gasteiger partial charge on any atom is 0.272 e. The number of hydrogen-bond acceptors (Lipinski definition) is 5. The number of carbonyl (C=O) groups is 1. The van der Waals surface area contributed by atoms with Crippen LogP contribution in [0.15, 0.2) is 48.3 Å². The van der Waals surface area contributed by atoms with Crippen molar-refractivity contribution in [3.05, 3.63) is 79.5 Å². The Morgan fingerprint density at radius 2 is 1.69 bits per heavy atom. The quantitative estimate of drug-likeness (QED) is 0.592. The van der Waals surface area contributed by atoms with Gasteiger partial charge in [-0.2, -0.15) is 0 Å². The Morgan fingerprint density at radius 3 is 2.38 bits per heavy atom. The van der Waals surface area contributed by atoms with Crippen molar-refractivity contribution in [3.8, 4) is 0 Å². The SMILES string of the molecule is NC1=CN(NC(=O)c2cccc(Cl)c2Cl)NNC1c1cccc(Cl)c1Cl. The molecule has 1 amide bonds. The van der Waals surface area contributed by atoms with Crippen molar-refractivity contribution < 1.29 is 4.79 Å². The monoisotopic (exact) mass is 431 g/mol. The topological polar surface area (TPSA) is 82.4 Å². The van der Waals surface area contributed by atoms with Crippen LogP contribution in [0, 0.1) is 0 Å². The van der Waals surface area contributed by atoms with Crippen molar-refractivity contribution in [3.63, 3.8) is 0 Å². The van der Waals surface area contributed by atoms with Gasteiger partial charge >= 0.3 is 0 Å². The number of halogens is 4. The summed E-state index contributed by atoms with van der Waals surface area (Å²) >= 11 is 24.3. The molecule has 0 bridgehead atoms. The molecule has 0 saturated carbocycles. The summed E-state index contributed by atoms with van der Waals surface area (Å²) in [6.45, 7) is 0. The molecule has 0 spiro atoms. The Bertz CT molecular complexity index is 889. The third kappa shape index (κ3) is 3.86. The minimum absolute atomic E-state index is 0.164. The van der Waals surface area contributed by atoms with E-state index in [2.05, 4.69) is 16.4 Å². The first-order valence-corrected chi connectivity index (χ1v) is 8.86. The number of benzene rings is 2. The van der Waals surface area contributed by atoms with Gasteiger partial charge in [-0.25, -0.2) is 16.0 Å². The van der Waals surface area contributed by atoms with E-state index in [-0.39, 0.29) is 15.6 Å². The number of nitrogens with two attached hydrogens (primary N) is 1. The van der Waals surface area contributed by atoms with E-state index in [0.29, 0.717) is 21.3 Å². The highest BCUT2D eigenvalue weighted by molar-refractivity contribution is 6.44. The molecule has 10 heteroatoms.